The van der Waals surface area contributed by atoms with Gasteiger partial charge in [-0.3, -0.25) is 4.79 Å². The average molecular weight is 332 g/mol. The van der Waals surface area contributed by atoms with Gasteiger partial charge in [0.1, 0.15) is 6.10 Å². The summed E-state index contributed by atoms with van der Waals surface area (Å²) in [6, 6.07) is 3.80. The van der Waals surface area contributed by atoms with Gasteiger partial charge in [0.2, 0.25) is 11.8 Å². The van der Waals surface area contributed by atoms with Gasteiger partial charge in [-0.25, -0.2) is 4.98 Å². The van der Waals surface area contributed by atoms with Gasteiger partial charge in [0.15, 0.2) is 0 Å². The van der Waals surface area contributed by atoms with Gasteiger partial charge in [0, 0.05) is 43.6 Å². The number of ether oxygens (including phenoxy) is 3. The fourth-order valence-electron chi connectivity index (χ4n) is 4.08. The van der Waals surface area contributed by atoms with E-state index in [4.69, 9.17) is 14.2 Å². The first-order valence-corrected chi connectivity index (χ1v) is 8.71. The van der Waals surface area contributed by atoms with E-state index in [1.54, 1.807) is 13.3 Å². The number of rotatable bonds is 4. The first-order chi connectivity index (χ1) is 11.7. The Morgan fingerprint density at radius 1 is 1.33 bits per heavy atom. The van der Waals surface area contributed by atoms with Gasteiger partial charge in [-0.05, 0) is 37.2 Å². The summed E-state index contributed by atoms with van der Waals surface area (Å²) in [4.78, 5) is 16.9. The predicted octanol–water partition coefficient (Wildman–Crippen LogP) is 1.85. The minimum atomic E-state index is -0.128. The molecule has 1 saturated carbocycles. The van der Waals surface area contributed by atoms with Crippen LogP contribution < -0.4 is 10.1 Å². The second kappa shape index (κ2) is 6.33. The van der Waals surface area contributed by atoms with Gasteiger partial charge in [-0.1, -0.05) is 0 Å². The monoisotopic (exact) mass is 332 g/mol. The third-order valence-electron chi connectivity index (χ3n) is 5.71. The standard InChI is InChI=1S/C18H24N2O4/c1-22-15-3-2-12(11-19-15)16-14(4-7-24-16)20-17(21)13-10-18(13)5-8-23-9-6-18/h2-3,11,13-14,16H,4-10H2,1H3,(H,20,21)/t13?,14-,16+/m0/s1. The summed E-state index contributed by atoms with van der Waals surface area (Å²) in [6.07, 6.45) is 5.51. The quantitative estimate of drug-likeness (QED) is 0.911. The molecule has 2 aliphatic heterocycles. The molecule has 3 aliphatic rings. The molecule has 130 valence electrons. The van der Waals surface area contributed by atoms with Crippen LogP contribution in [0.1, 0.15) is 37.4 Å². The lowest BCUT2D eigenvalue weighted by molar-refractivity contribution is -0.124. The zero-order valence-electron chi connectivity index (χ0n) is 14.0. The SMILES string of the molecule is COc1ccc([C@H]2OCC[C@@H]2NC(=O)C2CC23CCOCC3)cn1. The Bertz CT molecular complexity index is 598. The number of aromatic nitrogens is 1. The molecule has 0 bridgehead atoms. The molecule has 24 heavy (non-hydrogen) atoms. The average Bonchev–Trinajstić information content (AvgIpc) is 3.11. The number of carbonyl (C=O) groups is 1. The Balaban J connectivity index is 1.39. The van der Waals surface area contributed by atoms with Gasteiger partial charge >= 0.3 is 0 Å². The minimum absolute atomic E-state index is 0.0187. The largest absolute Gasteiger partial charge is 0.481 e. The van der Waals surface area contributed by atoms with Crippen molar-refractivity contribution in [2.75, 3.05) is 26.9 Å². The van der Waals surface area contributed by atoms with E-state index in [0.717, 1.165) is 44.5 Å². The van der Waals surface area contributed by atoms with Crippen molar-refractivity contribution in [3.05, 3.63) is 23.9 Å². The molecular weight excluding hydrogens is 308 g/mol. The number of nitrogens with zero attached hydrogens (tertiary/aromatic N) is 1. The zero-order valence-corrected chi connectivity index (χ0v) is 14.0. The van der Waals surface area contributed by atoms with Crippen LogP contribution in [0.5, 0.6) is 5.88 Å². The van der Waals surface area contributed by atoms with Crippen molar-refractivity contribution in [2.24, 2.45) is 11.3 Å². The van der Waals surface area contributed by atoms with E-state index in [0.29, 0.717) is 12.5 Å². The first-order valence-electron chi connectivity index (χ1n) is 8.71. The first kappa shape index (κ1) is 15.8. The summed E-state index contributed by atoms with van der Waals surface area (Å²) in [7, 11) is 1.60. The normalized spacial score (nSPS) is 31.0. The van der Waals surface area contributed by atoms with E-state index in [2.05, 4.69) is 10.3 Å². The molecule has 1 spiro atoms. The third-order valence-corrected chi connectivity index (χ3v) is 5.71. The topological polar surface area (TPSA) is 69.7 Å². The summed E-state index contributed by atoms with van der Waals surface area (Å²) in [5.74, 6) is 0.910. The van der Waals surface area contributed by atoms with Crippen LogP contribution in [0.4, 0.5) is 0 Å². The Morgan fingerprint density at radius 2 is 2.17 bits per heavy atom. The van der Waals surface area contributed by atoms with Crippen LogP contribution in [0, 0.1) is 11.3 Å². The molecule has 1 unspecified atom stereocenters. The summed E-state index contributed by atoms with van der Waals surface area (Å²) < 4.78 is 16.4. The molecule has 3 heterocycles. The van der Waals surface area contributed by atoms with Crippen LogP contribution in [0.3, 0.4) is 0 Å². The second-order valence-corrected chi connectivity index (χ2v) is 7.06. The number of amides is 1. The number of carbonyl (C=O) groups excluding carboxylic acids is 1. The fraction of sp³-hybridized carbons (Fsp3) is 0.667. The highest BCUT2D eigenvalue weighted by molar-refractivity contribution is 5.83. The Labute approximate surface area is 141 Å². The van der Waals surface area contributed by atoms with Crippen LogP contribution in [-0.2, 0) is 14.3 Å². The third kappa shape index (κ3) is 2.89. The molecule has 4 rings (SSSR count). The smallest absolute Gasteiger partial charge is 0.224 e. The molecular formula is C18H24N2O4. The van der Waals surface area contributed by atoms with Crippen molar-refractivity contribution in [3.8, 4) is 5.88 Å². The Morgan fingerprint density at radius 3 is 2.88 bits per heavy atom. The maximum atomic E-state index is 12.7. The maximum absolute atomic E-state index is 12.7. The molecule has 6 heteroatoms. The molecule has 2 saturated heterocycles. The van der Waals surface area contributed by atoms with Crippen LogP contribution >= 0.6 is 0 Å². The molecule has 1 N–H and O–H groups in total. The summed E-state index contributed by atoms with van der Waals surface area (Å²) in [6.45, 7) is 2.23. The lowest BCUT2D eigenvalue weighted by atomic mass is 9.93. The van der Waals surface area contributed by atoms with Gasteiger partial charge in [0.05, 0.1) is 13.2 Å². The number of hydrogen-bond acceptors (Lipinski definition) is 5. The molecule has 1 aliphatic carbocycles. The van der Waals surface area contributed by atoms with E-state index in [-0.39, 0.29) is 29.4 Å². The minimum Gasteiger partial charge on any atom is -0.481 e. The molecule has 6 nitrogen and oxygen atoms in total. The van der Waals surface area contributed by atoms with Crippen LogP contribution in [0.25, 0.3) is 0 Å². The van der Waals surface area contributed by atoms with Crippen LogP contribution in [-0.4, -0.2) is 43.9 Å². The molecule has 1 aromatic heterocycles. The van der Waals surface area contributed by atoms with Crippen LogP contribution in [0.15, 0.2) is 18.3 Å². The van der Waals surface area contributed by atoms with Crippen molar-refractivity contribution < 1.29 is 19.0 Å². The van der Waals surface area contributed by atoms with Gasteiger partial charge in [-0.2, -0.15) is 0 Å². The van der Waals surface area contributed by atoms with Crippen molar-refractivity contribution in [1.29, 1.82) is 0 Å². The zero-order chi connectivity index (χ0) is 16.6. The van der Waals surface area contributed by atoms with E-state index in [9.17, 15) is 4.79 Å². The highest BCUT2D eigenvalue weighted by Gasteiger charge is 2.58. The van der Waals surface area contributed by atoms with Gasteiger partial charge in [0.25, 0.3) is 0 Å². The molecule has 0 aromatic carbocycles. The lowest BCUT2D eigenvalue weighted by Crippen LogP contribution is -2.39. The van der Waals surface area contributed by atoms with Crippen molar-refractivity contribution in [1.82, 2.24) is 10.3 Å². The number of nitrogens with one attached hydrogen (secondary N) is 1. The summed E-state index contributed by atoms with van der Waals surface area (Å²) >= 11 is 0. The second-order valence-electron chi connectivity index (χ2n) is 7.06. The van der Waals surface area contributed by atoms with E-state index < -0.39 is 0 Å². The van der Waals surface area contributed by atoms with Crippen molar-refractivity contribution in [3.63, 3.8) is 0 Å². The molecule has 1 amide bonds. The van der Waals surface area contributed by atoms with E-state index in [1.807, 2.05) is 12.1 Å². The Hall–Kier alpha value is -1.66. The molecule has 0 radical (unpaired) electrons. The highest BCUT2D eigenvalue weighted by atomic mass is 16.5. The highest BCUT2D eigenvalue weighted by Crippen LogP contribution is 2.59. The van der Waals surface area contributed by atoms with Crippen molar-refractivity contribution in [2.45, 2.75) is 37.8 Å². The summed E-state index contributed by atoms with van der Waals surface area (Å²) in [5.41, 5.74) is 1.19. The van der Waals surface area contributed by atoms with Crippen molar-refractivity contribution >= 4 is 5.91 Å². The van der Waals surface area contributed by atoms with Gasteiger partial charge in [-0.15, -0.1) is 0 Å². The number of methoxy groups -OCH3 is 1. The number of pyridine rings is 1. The van der Waals surface area contributed by atoms with E-state index >= 15 is 0 Å². The Kier molecular flexibility index (Phi) is 4.18. The van der Waals surface area contributed by atoms with Gasteiger partial charge < -0.3 is 19.5 Å². The molecule has 1 aromatic rings. The summed E-state index contributed by atoms with van der Waals surface area (Å²) in [5, 5.41) is 3.23. The van der Waals surface area contributed by atoms with Crippen LogP contribution in [0.2, 0.25) is 0 Å². The predicted molar refractivity (Wildman–Crippen MR) is 86.6 cm³/mol. The maximum Gasteiger partial charge on any atom is 0.224 e. The fourth-order valence-corrected chi connectivity index (χ4v) is 4.08. The molecule has 3 atom stereocenters. The van der Waals surface area contributed by atoms with E-state index in [1.165, 1.54) is 0 Å². The number of hydrogen-bond donors (Lipinski definition) is 1. The molecule has 3 fully saturated rings. The lowest BCUT2D eigenvalue weighted by Gasteiger charge is -2.24.